The van der Waals surface area contributed by atoms with E-state index in [2.05, 4.69) is 11.4 Å². The van der Waals surface area contributed by atoms with Gasteiger partial charge in [-0.3, -0.25) is 4.79 Å². The largest absolute Gasteiger partial charge is 0.398 e. The molecule has 2 aromatic carbocycles. The summed E-state index contributed by atoms with van der Waals surface area (Å²) in [6, 6.07) is 14.7. The molecule has 1 amide bonds. The lowest BCUT2D eigenvalue weighted by atomic mass is 10.0. The van der Waals surface area contributed by atoms with Crippen molar-refractivity contribution >= 4 is 11.6 Å². The first-order valence-electron chi connectivity index (χ1n) is 7.14. The summed E-state index contributed by atoms with van der Waals surface area (Å²) < 4.78 is 0. The van der Waals surface area contributed by atoms with Crippen LogP contribution in [0.5, 0.6) is 0 Å². The maximum atomic E-state index is 11.8. The van der Waals surface area contributed by atoms with Crippen molar-refractivity contribution in [3.05, 3.63) is 53.6 Å². The van der Waals surface area contributed by atoms with E-state index in [-0.39, 0.29) is 5.91 Å². The molecule has 0 unspecified atom stereocenters. The maximum absolute atomic E-state index is 11.8. The topological polar surface area (TPSA) is 82.2 Å². The summed E-state index contributed by atoms with van der Waals surface area (Å²) in [6.45, 7) is 0. The zero-order chi connectivity index (χ0) is 17.4. The standard InChI is InChI=1S/C16H15N3O.C2H7N/c1-19(2)16(20)12-5-3-11(4-6-12)13-7-8-15(18)14(9-13)10-17;1-3-2/h3-9H,18H2,1-2H3;3H,1-2H3. The van der Waals surface area contributed by atoms with Gasteiger partial charge in [0.15, 0.2) is 0 Å². The molecule has 0 aliphatic heterocycles. The molecule has 0 fully saturated rings. The molecule has 0 aliphatic carbocycles. The van der Waals surface area contributed by atoms with Crippen LogP contribution in [0, 0.1) is 11.3 Å². The fraction of sp³-hybridized carbons (Fsp3) is 0.222. The van der Waals surface area contributed by atoms with E-state index in [1.165, 1.54) is 4.90 Å². The van der Waals surface area contributed by atoms with Crippen molar-refractivity contribution in [2.24, 2.45) is 0 Å². The lowest BCUT2D eigenvalue weighted by Crippen LogP contribution is -2.21. The van der Waals surface area contributed by atoms with Gasteiger partial charge in [-0.2, -0.15) is 5.26 Å². The molecule has 5 nitrogen and oxygen atoms in total. The first kappa shape index (κ1) is 18.2. The summed E-state index contributed by atoms with van der Waals surface area (Å²) in [7, 11) is 7.19. The Hall–Kier alpha value is -2.84. The molecular weight excluding hydrogens is 288 g/mol. The van der Waals surface area contributed by atoms with Crippen LogP contribution in [0.2, 0.25) is 0 Å². The summed E-state index contributed by atoms with van der Waals surface area (Å²) in [5, 5.41) is 11.7. The number of hydrogen-bond donors (Lipinski definition) is 2. The van der Waals surface area contributed by atoms with E-state index in [0.29, 0.717) is 16.8 Å². The highest BCUT2D eigenvalue weighted by atomic mass is 16.2. The average molecular weight is 310 g/mol. The summed E-state index contributed by atoms with van der Waals surface area (Å²) in [5.74, 6) is -0.0356. The quantitative estimate of drug-likeness (QED) is 0.834. The van der Waals surface area contributed by atoms with E-state index < -0.39 is 0 Å². The second-order valence-corrected chi connectivity index (χ2v) is 5.19. The van der Waals surface area contributed by atoms with Gasteiger partial charge in [-0.25, -0.2) is 0 Å². The van der Waals surface area contributed by atoms with Crippen molar-refractivity contribution in [1.82, 2.24) is 10.2 Å². The van der Waals surface area contributed by atoms with E-state index in [1.54, 1.807) is 38.4 Å². The molecule has 23 heavy (non-hydrogen) atoms. The minimum Gasteiger partial charge on any atom is -0.398 e. The Morgan fingerprint density at radius 1 is 1.09 bits per heavy atom. The number of nitrogens with one attached hydrogen (secondary N) is 1. The molecule has 0 aliphatic rings. The molecule has 3 N–H and O–H groups in total. The number of amides is 1. The van der Waals surface area contributed by atoms with Crippen LogP contribution in [0.15, 0.2) is 42.5 Å². The van der Waals surface area contributed by atoms with Crippen LogP contribution in [0.4, 0.5) is 5.69 Å². The molecule has 0 bridgehead atoms. The number of benzene rings is 2. The average Bonchev–Trinajstić information content (AvgIpc) is 2.55. The summed E-state index contributed by atoms with van der Waals surface area (Å²) in [4.78, 5) is 13.3. The van der Waals surface area contributed by atoms with Crippen LogP contribution >= 0.6 is 0 Å². The summed E-state index contributed by atoms with van der Waals surface area (Å²) in [6.07, 6.45) is 0. The van der Waals surface area contributed by atoms with Gasteiger partial charge in [0, 0.05) is 25.3 Å². The molecule has 5 heteroatoms. The molecule has 0 saturated heterocycles. The summed E-state index contributed by atoms with van der Waals surface area (Å²) >= 11 is 0. The van der Waals surface area contributed by atoms with Crippen molar-refractivity contribution in [3.63, 3.8) is 0 Å². The molecule has 120 valence electrons. The third-order valence-corrected chi connectivity index (χ3v) is 3.05. The summed E-state index contributed by atoms with van der Waals surface area (Å²) in [5.41, 5.74) is 9.10. The highest BCUT2D eigenvalue weighted by Crippen LogP contribution is 2.24. The van der Waals surface area contributed by atoms with Crippen LogP contribution in [0.3, 0.4) is 0 Å². The first-order chi connectivity index (χ1) is 10.9. The minimum absolute atomic E-state index is 0.0356. The van der Waals surface area contributed by atoms with Gasteiger partial charge in [-0.1, -0.05) is 18.2 Å². The predicted octanol–water partition coefficient (Wildman–Crippen LogP) is 2.34. The number of carbonyl (C=O) groups excluding carboxylic acids is 1. The van der Waals surface area contributed by atoms with Crippen LogP contribution in [-0.2, 0) is 0 Å². The van der Waals surface area contributed by atoms with Crippen LogP contribution in [0.25, 0.3) is 11.1 Å². The molecule has 0 spiro atoms. The fourth-order valence-corrected chi connectivity index (χ4v) is 1.90. The van der Waals surface area contributed by atoms with E-state index in [9.17, 15) is 4.79 Å². The van der Waals surface area contributed by atoms with Crippen molar-refractivity contribution < 1.29 is 4.79 Å². The number of nitriles is 1. The number of hydrogen-bond acceptors (Lipinski definition) is 4. The molecule has 2 rings (SSSR count). The number of rotatable bonds is 2. The Labute approximate surface area is 137 Å². The number of anilines is 1. The van der Waals surface area contributed by atoms with Gasteiger partial charge in [-0.05, 0) is 49.5 Å². The molecule has 0 heterocycles. The van der Waals surface area contributed by atoms with Crippen molar-refractivity contribution in [2.75, 3.05) is 33.9 Å². The SMILES string of the molecule is CN(C)C(=O)c1ccc(-c2ccc(N)c(C#N)c2)cc1.CNC. The van der Waals surface area contributed by atoms with E-state index in [1.807, 2.05) is 32.3 Å². The lowest BCUT2D eigenvalue weighted by Gasteiger charge is -2.10. The van der Waals surface area contributed by atoms with Gasteiger partial charge >= 0.3 is 0 Å². The smallest absolute Gasteiger partial charge is 0.253 e. The number of nitrogen functional groups attached to an aromatic ring is 1. The van der Waals surface area contributed by atoms with Gasteiger partial charge < -0.3 is 16.0 Å². The van der Waals surface area contributed by atoms with Gasteiger partial charge in [0.05, 0.1) is 5.56 Å². The Morgan fingerprint density at radius 3 is 2.09 bits per heavy atom. The van der Waals surface area contributed by atoms with Crippen molar-refractivity contribution in [2.45, 2.75) is 0 Å². The van der Waals surface area contributed by atoms with E-state index >= 15 is 0 Å². The molecule has 0 radical (unpaired) electrons. The Kier molecular flexibility index (Phi) is 6.78. The second-order valence-electron chi connectivity index (χ2n) is 5.19. The lowest BCUT2D eigenvalue weighted by molar-refractivity contribution is 0.0827. The molecular formula is C18H22N4O. The highest BCUT2D eigenvalue weighted by molar-refractivity contribution is 5.94. The van der Waals surface area contributed by atoms with Crippen LogP contribution in [0.1, 0.15) is 15.9 Å². The van der Waals surface area contributed by atoms with Gasteiger partial charge in [0.1, 0.15) is 6.07 Å². The molecule has 0 saturated carbocycles. The molecule has 0 aromatic heterocycles. The second kappa shape index (κ2) is 8.57. The van der Waals surface area contributed by atoms with Crippen LogP contribution < -0.4 is 11.1 Å². The van der Waals surface area contributed by atoms with Gasteiger partial charge in [0.2, 0.25) is 0 Å². The number of nitrogens with two attached hydrogens (primary N) is 1. The zero-order valence-electron chi connectivity index (χ0n) is 13.9. The highest BCUT2D eigenvalue weighted by Gasteiger charge is 2.08. The third-order valence-electron chi connectivity index (χ3n) is 3.05. The third kappa shape index (κ3) is 4.83. The Morgan fingerprint density at radius 2 is 1.61 bits per heavy atom. The van der Waals surface area contributed by atoms with Gasteiger partial charge in [0.25, 0.3) is 5.91 Å². The first-order valence-corrected chi connectivity index (χ1v) is 7.14. The predicted molar refractivity (Wildman–Crippen MR) is 94.0 cm³/mol. The van der Waals surface area contributed by atoms with Gasteiger partial charge in [-0.15, -0.1) is 0 Å². The molecule has 2 aromatic rings. The molecule has 0 atom stereocenters. The normalized spacial score (nSPS) is 9.35. The maximum Gasteiger partial charge on any atom is 0.253 e. The van der Waals surface area contributed by atoms with Crippen LogP contribution in [-0.4, -0.2) is 39.0 Å². The number of nitrogens with zero attached hydrogens (tertiary/aromatic N) is 2. The Balaban J connectivity index is 0.000000816. The number of carbonyl (C=O) groups is 1. The van der Waals surface area contributed by atoms with Crippen molar-refractivity contribution in [1.29, 1.82) is 5.26 Å². The monoisotopic (exact) mass is 310 g/mol. The van der Waals surface area contributed by atoms with E-state index in [0.717, 1.165) is 11.1 Å². The fourth-order valence-electron chi connectivity index (χ4n) is 1.90. The van der Waals surface area contributed by atoms with Crippen molar-refractivity contribution in [3.8, 4) is 17.2 Å². The minimum atomic E-state index is -0.0356. The Bertz CT molecular complexity index is 700. The van der Waals surface area contributed by atoms with E-state index in [4.69, 9.17) is 11.0 Å². The zero-order valence-corrected chi connectivity index (χ0v) is 13.9.